The van der Waals surface area contributed by atoms with Crippen LogP contribution in [-0.2, 0) is 0 Å². The quantitative estimate of drug-likeness (QED) is 0.386. The molecule has 0 aliphatic rings. The fourth-order valence-corrected chi connectivity index (χ4v) is 1.39. The number of hydrogen-bond donors (Lipinski definition) is 2. The smallest absolute Gasteiger partial charge is 0.173 e. The van der Waals surface area contributed by atoms with E-state index in [1.165, 1.54) is 24.5 Å². The predicted octanol–water partition coefficient (Wildman–Crippen LogP) is 2.25. The van der Waals surface area contributed by atoms with Crippen LogP contribution < -0.4 is 10.5 Å². The van der Waals surface area contributed by atoms with Crippen molar-refractivity contribution in [3.63, 3.8) is 0 Å². The van der Waals surface area contributed by atoms with Crippen molar-refractivity contribution in [3.8, 4) is 11.5 Å². The highest BCUT2D eigenvalue weighted by Gasteiger charge is 2.10. The van der Waals surface area contributed by atoms with Crippen LogP contribution >= 0.6 is 0 Å². The van der Waals surface area contributed by atoms with Gasteiger partial charge in [0, 0.05) is 12.3 Å². The second-order valence-electron chi connectivity index (χ2n) is 3.54. The molecule has 1 aromatic heterocycles. The van der Waals surface area contributed by atoms with Crippen molar-refractivity contribution < 1.29 is 18.7 Å². The minimum Gasteiger partial charge on any atom is -0.455 e. The van der Waals surface area contributed by atoms with Crippen molar-refractivity contribution in [2.24, 2.45) is 10.9 Å². The molecule has 98 valence electrons. The molecule has 2 aromatic rings. The highest BCUT2D eigenvalue weighted by Crippen LogP contribution is 2.25. The van der Waals surface area contributed by atoms with Crippen LogP contribution in [0.3, 0.4) is 0 Å². The monoisotopic (exact) mass is 265 g/mol. The van der Waals surface area contributed by atoms with Crippen LogP contribution in [0, 0.1) is 11.6 Å². The van der Waals surface area contributed by atoms with Crippen LogP contribution in [0.25, 0.3) is 0 Å². The molecule has 5 nitrogen and oxygen atoms in total. The molecule has 7 heteroatoms. The van der Waals surface area contributed by atoms with Gasteiger partial charge in [-0.25, -0.2) is 8.78 Å². The maximum absolute atomic E-state index is 13.0. The van der Waals surface area contributed by atoms with Crippen LogP contribution in [0.15, 0.2) is 41.8 Å². The van der Waals surface area contributed by atoms with E-state index in [1.807, 2.05) is 0 Å². The van der Waals surface area contributed by atoms with Crippen LogP contribution in [0.2, 0.25) is 0 Å². The first-order valence-corrected chi connectivity index (χ1v) is 5.16. The average molecular weight is 265 g/mol. The average Bonchev–Trinajstić information content (AvgIpc) is 2.43. The number of nitrogens with two attached hydrogens (primary N) is 1. The normalized spacial score (nSPS) is 11.4. The summed E-state index contributed by atoms with van der Waals surface area (Å²) in [4.78, 5) is 3.81. The Hall–Kier alpha value is -2.70. The van der Waals surface area contributed by atoms with E-state index in [-0.39, 0.29) is 22.9 Å². The zero-order chi connectivity index (χ0) is 13.8. The summed E-state index contributed by atoms with van der Waals surface area (Å²) in [5, 5.41) is 11.5. The Morgan fingerprint density at radius 2 is 2.05 bits per heavy atom. The number of halogens is 2. The molecule has 19 heavy (non-hydrogen) atoms. The summed E-state index contributed by atoms with van der Waals surface area (Å²) in [5.74, 6) is -1.97. The van der Waals surface area contributed by atoms with Gasteiger partial charge in [-0.1, -0.05) is 5.16 Å². The third-order valence-electron chi connectivity index (χ3n) is 2.29. The molecule has 0 spiro atoms. The molecule has 1 heterocycles. The van der Waals surface area contributed by atoms with E-state index in [0.717, 1.165) is 12.1 Å². The predicted molar refractivity (Wildman–Crippen MR) is 63.2 cm³/mol. The number of amidine groups is 1. The molecule has 0 saturated carbocycles. The molecule has 0 bridgehead atoms. The van der Waals surface area contributed by atoms with E-state index in [1.54, 1.807) is 0 Å². The zero-order valence-corrected chi connectivity index (χ0v) is 9.55. The highest BCUT2D eigenvalue weighted by atomic mass is 19.2. The van der Waals surface area contributed by atoms with E-state index >= 15 is 0 Å². The van der Waals surface area contributed by atoms with E-state index in [0.29, 0.717) is 0 Å². The summed E-state index contributed by atoms with van der Waals surface area (Å²) in [6.45, 7) is 0. The fourth-order valence-electron chi connectivity index (χ4n) is 1.39. The first-order chi connectivity index (χ1) is 9.11. The number of ether oxygens (including phenoxy) is 1. The molecule has 3 N–H and O–H groups in total. The second kappa shape index (κ2) is 5.30. The Morgan fingerprint density at radius 1 is 1.26 bits per heavy atom. The van der Waals surface area contributed by atoms with Crippen LogP contribution in [0.5, 0.6) is 11.5 Å². The van der Waals surface area contributed by atoms with Crippen molar-refractivity contribution in [1.82, 2.24) is 4.98 Å². The molecule has 0 saturated heterocycles. The lowest BCUT2D eigenvalue weighted by Crippen LogP contribution is -2.14. The summed E-state index contributed by atoms with van der Waals surface area (Å²) in [6.07, 6.45) is 2.74. The molecule has 0 amide bonds. The molecular formula is C12H9F2N3O2. The molecule has 0 aliphatic heterocycles. The van der Waals surface area contributed by atoms with E-state index < -0.39 is 11.6 Å². The molecule has 0 radical (unpaired) electrons. The van der Waals surface area contributed by atoms with Gasteiger partial charge < -0.3 is 15.7 Å². The van der Waals surface area contributed by atoms with Gasteiger partial charge in [0.2, 0.25) is 0 Å². The first-order valence-electron chi connectivity index (χ1n) is 5.16. The van der Waals surface area contributed by atoms with E-state index in [2.05, 4.69) is 10.1 Å². The number of pyridine rings is 1. The third-order valence-corrected chi connectivity index (χ3v) is 2.29. The van der Waals surface area contributed by atoms with Gasteiger partial charge >= 0.3 is 0 Å². The Labute approximate surface area is 107 Å². The van der Waals surface area contributed by atoms with Gasteiger partial charge in [-0.3, -0.25) is 4.98 Å². The van der Waals surface area contributed by atoms with Gasteiger partial charge in [-0.05, 0) is 18.2 Å². The maximum Gasteiger partial charge on any atom is 0.173 e. The summed E-state index contributed by atoms with van der Waals surface area (Å²) in [7, 11) is 0. The molecule has 0 unspecified atom stereocenters. The van der Waals surface area contributed by atoms with Gasteiger partial charge in [0.25, 0.3) is 0 Å². The Balaban J connectivity index is 2.35. The summed E-state index contributed by atoms with van der Waals surface area (Å²) in [6, 6.07) is 4.54. The van der Waals surface area contributed by atoms with Crippen LogP contribution in [0.1, 0.15) is 5.56 Å². The van der Waals surface area contributed by atoms with Gasteiger partial charge in [-0.15, -0.1) is 0 Å². The zero-order valence-electron chi connectivity index (χ0n) is 9.55. The lowest BCUT2D eigenvalue weighted by Gasteiger charge is -2.09. The Morgan fingerprint density at radius 3 is 2.74 bits per heavy atom. The van der Waals surface area contributed by atoms with E-state index in [4.69, 9.17) is 15.7 Å². The van der Waals surface area contributed by atoms with Crippen molar-refractivity contribution in [3.05, 3.63) is 53.9 Å². The van der Waals surface area contributed by atoms with Crippen LogP contribution in [-0.4, -0.2) is 16.0 Å². The second-order valence-corrected chi connectivity index (χ2v) is 3.54. The summed E-state index contributed by atoms with van der Waals surface area (Å²) in [5.41, 5.74) is 5.74. The molecular weight excluding hydrogens is 256 g/mol. The lowest BCUT2D eigenvalue weighted by molar-refractivity contribution is 0.318. The number of benzene rings is 1. The molecule has 0 fully saturated rings. The minimum absolute atomic E-state index is 0.0684. The largest absolute Gasteiger partial charge is 0.455 e. The number of nitrogens with zero attached hydrogens (tertiary/aromatic N) is 2. The molecule has 1 aromatic carbocycles. The number of hydrogen-bond acceptors (Lipinski definition) is 4. The van der Waals surface area contributed by atoms with Crippen molar-refractivity contribution in [2.75, 3.05) is 0 Å². The molecule has 0 atom stereocenters. The molecule has 2 rings (SSSR count). The van der Waals surface area contributed by atoms with Crippen molar-refractivity contribution in [1.29, 1.82) is 0 Å². The van der Waals surface area contributed by atoms with E-state index in [9.17, 15) is 8.78 Å². The summed E-state index contributed by atoms with van der Waals surface area (Å²) < 4.78 is 31.2. The minimum atomic E-state index is -1.04. The maximum atomic E-state index is 13.0. The van der Waals surface area contributed by atoms with Crippen molar-refractivity contribution in [2.45, 2.75) is 0 Å². The molecule has 0 aliphatic carbocycles. The van der Waals surface area contributed by atoms with Gasteiger partial charge in [0.05, 0.1) is 11.8 Å². The fraction of sp³-hybridized carbons (Fsp3) is 0. The topological polar surface area (TPSA) is 80.7 Å². The Bertz CT molecular complexity index is 632. The third kappa shape index (κ3) is 2.76. The SMILES string of the molecule is N/C(=N/O)c1ccncc1Oc1ccc(F)c(F)c1. The van der Waals surface area contributed by atoms with Gasteiger partial charge in [0.15, 0.2) is 23.2 Å². The Kier molecular flexibility index (Phi) is 3.56. The summed E-state index contributed by atoms with van der Waals surface area (Å²) >= 11 is 0. The van der Waals surface area contributed by atoms with Crippen molar-refractivity contribution >= 4 is 5.84 Å². The number of aromatic nitrogens is 1. The van der Waals surface area contributed by atoms with Crippen LogP contribution in [0.4, 0.5) is 8.78 Å². The van der Waals surface area contributed by atoms with Gasteiger partial charge in [-0.2, -0.15) is 0 Å². The standard InChI is InChI=1S/C12H9F2N3O2/c13-9-2-1-7(5-10(9)14)19-11-6-16-4-3-8(11)12(15)17-18/h1-6,18H,(H2,15,17). The number of rotatable bonds is 3. The lowest BCUT2D eigenvalue weighted by atomic mass is 10.2. The first kappa shape index (κ1) is 12.7. The highest BCUT2D eigenvalue weighted by molar-refractivity contribution is 5.99. The van der Waals surface area contributed by atoms with Gasteiger partial charge in [0.1, 0.15) is 5.75 Å². The number of oxime groups is 1.